The molecular formula is C17H18BrNO4S. The molecule has 0 saturated carbocycles. The Morgan fingerprint density at radius 2 is 1.83 bits per heavy atom. The summed E-state index contributed by atoms with van der Waals surface area (Å²) >= 11 is 3.36. The monoisotopic (exact) mass is 411 g/mol. The van der Waals surface area contributed by atoms with Gasteiger partial charge in [0.05, 0.1) is 4.90 Å². The first kappa shape index (κ1) is 18.6. The topological polar surface area (TPSA) is 72.5 Å². The first-order valence-corrected chi connectivity index (χ1v) is 9.53. The standard InChI is InChI=1S/C17H18BrNO4S/c1-12-7-8-15(9-13(12)2)24(21,22)19-10-17(20)23-11-14-5-3-4-6-16(14)18/h3-9,19H,10-11H2,1-2H3. The van der Waals surface area contributed by atoms with Gasteiger partial charge in [-0.15, -0.1) is 0 Å². The van der Waals surface area contributed by atoms with Crippen molar-refractivity contribution < 1.29 is 17.9 Å². The van der Waals surface area contributed by atoms with Crippen molar-refractivity contribution in [3.63, 3.8) is 0 Å². The number of sulfonamides is 1. The molecule has 24 heavy (non-hydrogen) atoms. The van der Waals surface area contributed by atoms with Crippen LogP contribution in [-0.4, -0.2) is 20.9 Å². The van der Waals surface area contributed by atoms with E-state index >= 15 is 0 Å². The molecule has 2 aromatic rings. The summed E-state index contributed by atoms with van der Waals surface area (Å²) in [6, 6.07) is 12.2. The van der Waals surface area contributed by atoms with E-state index in [1.54, 1.807) is 12.1 Å². The van der Waals surface area contributed by atoms with Crippen LogP contribution in [0.5, 0.6) is 0 Å². The van der Waals surface area contributed by atoms with Crippen LogP contribution in [0.25, 0.3) is 0 Å². The highest BCUT2D eigenvalue weighted by Gasteiger charge is 2.16. The van der Waals surface area contributed by atoms with Crippen LogP contribution < -0.4 is 4.72 Å². The Hall–Kier alpha value is -1.70. The van der Waals surface area contributed by atoms with Crippen LogP contribution >= 0.6 is 15.9 Å². The van der Waals surface area contributed by atoms with Crippen LogP contribution in [0.15, 0.2) is 51.8 Å². The molecule has 2 rings (SSSR count). The van der Waals surface area contributed by atoms with Gasteiger partial charge in [0.15, 0.2) is 0 Å². The summed E-state index contributed by atoms with van der Waals surface area (Å²) in [4.78, 5) is 11.9. The van der Waals surface area contributed by atoms with Gasteiger partial charge in [-0.1, -0.05) is 40.2 Å². The van der Waals surface area contributed by atoms with E-state index in [0.29, 0.717) is 0 Å². The molecule has 0 aromatic heterocycles. The minimum atomic E-state index is -3.75. The molecule has 0 heterocycles. The lowest BCUT2D eigenvalue weighted by Gasteiger charge is -2.09. The maximum Gasteiger partial charge on any atom is 0.321 e. The van der Waals surface area contributed by atoms with Gasteiger partial charge in [0.25, 0.3) is 0 Å². The number of rotatable bonds is 6. The SMILES string of the molecule is Cc1ccc(S(=O)(=O)NCC(=O)OCc2ccccc2Br)cc1C. The lowest BCUT2D eigenvalue weighted by atomic mass is 10.1. The number of ether oxygens (including phenoxy) is 1. The van der Waals surface area contributed by atoms with Crippen molar-refractivity contribution >= 4 is 31.9 Å². The molecule has 0 bridgehead atoms. The third-order valence-electron chi connectivity index (χ3n) is 3.54. The second-order valence-electron chi connectivity index (χ2n) is 5.32. The van der Waals surface area contributed by atoms with E-state index in [-0.39, 0.29) is 11.5 Å². The molecule has 128 valence electrons. The van der Waals surface area contributed by atoms with Gasteiger partial charge in [-0.05, 0) is 43.2 Å². The summed E-state index contributed by atoms with van der Waals surface area (Å²) < 4.78 is 32.6. The molecule has 0 amide bonds. The molecule has 0 aliphatic rings. The summed E-state index contributed by atoms with van der Waals surface area (Å²) in [7, 11) is -3.75. The zero-order valence-electron chi connectivity index (χ0n) is 13.4. The van der Waals surface area contributed by atoms with E-state index in [9.17, 15) is 13.2 Å². The number of carbonyl (C=O) groups excluding carboxylic acids is 1. The van der Waals surface area contributed by atoms with Crippen LogP contribution in [-0.2, 0) is 26.2 Å². The van der Waals surface area contributed by atoms with E-state index in [2.05, 4.69) is 20.7 Å². The zero-order chi connectivity index (χ0) is 17.7. The van der Waals surface area contributed by atoms with E-state index in [0.717, 1.165) is 21.2 Å². The maximum absolute atomic E-state index is 12.2. The average molecular weight is 412 g/mol. The fourth-order valence-electron chi connectivity index (χ4n) is 1.94. The van der Waals surface area contributed by atoms with E-state index in [1.165, 1.54) is 6.07 Å². The molecule has 0 atom stereocenters. The fraction of sp³-hybridized carbons (Fsp3) is 0.235. The van der Waals surface area contributed by atoms with Gasteiger partial charge in [0.1, 0.15) is 13.2 Å². The summed E-state index contributed by atoms with van der Waals surface area (Å²) in [6.07, 6.45) is 0. The van der Waals surface area contributed by atoms with Gasteiger partial charge in [-0.2, -0.15) is 4.72 Å². The molecule has 2 aromatic carbocycles. The summed E-state index contributed by atoms with van der Waals surface area (Å²) in [6.45, 7) is 3.39. The van der Waals surface area contributed by atoms with E-state index < -0.39 is 22.5 Å². The van der Waals surface area contributed by atoms with Gasteiger partial charge >= 0.3 is 5.97 Å². The normalized spacial score (nSPS) is 11.3. The maximum atomic E-state index is 12.2. The van der Waals surface area contributed by atoms with Crippen molar-refractivity contribution in [3.8, 4) is 0 Å². The highest BCUT2D eigenvalue weighted by Crippen LogP contribution is 2.17. The van der Waals surface area contributed by atoms with Crippen molar-refractivity contribution in [2.24, 2.45) is 0 Å². The molecular weight excluding hydrogens is 394 g/mol. The Morgan fingerprint density at radius 1 is 1.12 bits per heavy atom. The lowest BCUT2D eigenvalue weighted by Crippen LogP contribution is -2.30. The van der Waals surface area contributed by atoms with Crippen LogP contribution in [0.4, 0.5) is 0 Å². The minimum absolute atomic E-state index is 0.0750. The molecule has 5 nitrogen and oxygen atoms in total. The third kappa shape index (κ3) is 4.90. The van der Waals surface area contributed by atoms with Crippen molar-refractivity contribution in [3.05, 3.63) is 63.6 Å². The summed E-state index contributed by atoms with van der Waals surface area (Å²) in [5, 5.41) is 0. The first-order valence-electron chi connectivity index (χ1n) is 7.25. The van der Waals surface area contributed by atoms with Gasteiger partial charge < -0.3 is 4.74 Å². The molecule has 0 unspecified atom stereocenters. The average Bonchev–Trinajstić information content (AvgIpc) is 2.54. The second-order valence-corrected chi connectivity index (χ2v) is 7.94. The number of halogens is 1. The molecule has 0 spiro atoms. The fourth-order valence-corrected chi connectivity index (χ4v) is 3.40. The smallest absolute Gasteiger partial charge is 0.321 e. The van der Waals surface area contributed by atoms with Crippen LogP contribution in [0.1, 0.15) is 16.7 Å². The molecule has 7 heteroatoms. The molecule has 0 saturated heterocycles. The molecule has 0 fully saturated rings. The third-order valence-corrected chi connectivity index (χ3v) is 5.71. The highest BCUT2D eigenvalue weighted by atomic mass is 79.9. The largest absolute Gasteiger partial charge is 0.460 e. The van der Waals surface area contributed by atoms with E-state index in [1.807, 2.05) is 38.1 Å². The van der Waals surface area contributed by atoms with Crippen molar-refractivity contribution in [1.82, 2.24) is 4.72 Å². The molecule has 0 radical (unpaired) electrons. The van der Waals surface area contributed by atoms with Crippen LogP contribution in [0.2, 0.25) is 0 Å². The number of esters is 1. The van der Waals surface area contributed by atoms with Crippen LogP contribution in [0.3, 0.4) is 0 Å². The minimum Gasteiger partial charge on any atom is -0.460 e. The number of aryl methyl sites for hydroxylation is 2. The van der Waals surface area contributed by atoms with Crippen molar-refractivity contribution in [2.75, 3.05) is 6.54 Å². The Morgan fingerprint density at radius 3 is 2.50 bits per heavy atom. The van der Waals surface area contributed by atoms with Crippen molar-refractivity contribution in [2.45, 2.75) is 25.3 Å². The Balaban J connectivity index is 1.93. The predicted octanol–water partition coefficient (Wildman–Crippen LogP) is 3.09. The van der Waals surface area contributed by atoms with E-state index in [4.69, 9.17) is 4.74 Å². The van der Waals surface area contributed by atoms with Crippen LogP contribution in [0, 0.1) is 13.8 Å². The number of benzene rings is 2. The Kier molecular flexibility index (Phi) is 6.15. The summed E-state index contributed by atoms with van der Waals surface area (Å²) in [5.74, 6) is -0.641. The molecule has 0 aliphatic carbocycles. The van der Waals surface area contributed by atoms with Gasteiger partial charge in [0.2, 0.25) is 10.0 Å². The van der Waals surface area contributed by atoms with Gasteiger partial charge in [-0.25, -0.2) is 8.42 Å². The van der Waals surface area contributed by atoms with Gasteiger partial charge in [-0.3, -0.25) is 4.79 Å². The Bertz CT molecular complexity index is 849. The lowest BCUT2D eigenvalue weighted by molar-refractivity contribution is -0.143. The number of hydrogen-bond acceptors (Lipinski definition) is 4. The van der Waals surface area contributed by atoms with Gasteiger partial charge in [0, 0.05) is 10.0 Å². The Labute approximate surface area is 150 Å². The molecule has 1 N–H and O–H groups in total. The first-order chi connectivity index (χ1) is 11.3. The quantitative estimate of drug-likeness (QED) is 0.741. The molecule has 0 aliphatic heterocycles. The van der Waals surface area contributed by atoms with Crippen molar-refractivity contribution in [1.29, 1.82) is 0 Å². The number of hydrogen-bond donors (Lipinski definition) is 1. The zero-order valence-corrected chi connectivity index (χ0v) is 15.8. The predicted molar refractivity (Wildman–Crippen MR) is 95.0 cm³/mol. The second kappa shape index (κ2) is 7.92. The summed E-state index contributed by atoms with van der Waals surface area (Å²) in [5.41, 5.74) is 2.68. The number of carbonyl (C=O) groups is 1. The number of nitrogens with one attached hydrogen (secondary N) is 1. The highest BCUT2D eigenvalue weighted by molar-refractivity contribution is 9.10.